The summed E-state index contributed by atoms with van der Waals surface area (Å²) in [6.07, 6.45) is 0. The lowest BCUT2D eigenvalue weighted by molar-refractivity contribution is -0.132. The van der Waals surface area contributed by atoms with Crippen LogP contribution in [0.25, 0.3) is 0 Å². The summed E-state index contributed by atoms with van der Waals surface area (Å²) in [5.41, 5.74) is 7.79. The molecule has 1 fully saturated rings. The van der Waals surface area contributed by atoms with Gasteiger partial charge in [-0.1, -0.05) is 36.4 Å². The number of likely N-dealkylation sites (N-methyl/N-ethyl adjacent to an activating group) is 1. The van der Waals surface area contributed by atoms with E-state index in [-0.39, 0.29) is 30.9 Å². The highest BCUT2D eigenvalue weighted by molar-refractivity contribution is 5.85. The standard InChI is InChI=1S/C22H27F2N3O.ClH/c1-15(17-8-9-20(23)21(24)10-17)26(2)22(28)14-27-12-18(11-25)19(13-27)16-6-4-3-5-7-16;/h3-10,15,18-19H,11-14,25H2,1-2H3;1H/t15?,18-,19+;/m1./s1. The number of nitrogens with zero attached hydrogens (tertiary/aromatic N) is 2. The number of carbonyl (C=O) groups is 1. The van der Waals surface area contributed by atoms with Crippen LogP contribution in [0.5, 0.6) is 0 Å². The van der Waals surface area contributed by atoms with Crippen molar-refractivity contribution in [2.45, 2.75) is 18.9 Å². The van der Waals surface area contributed by atoms with Crippen molar-refractivity contribution in [2.75, 3.05) is 33.2 Å². The van der Waals surface area contributed by atoms with Crippen molar-refractivity contribution in [3.8, 4) is 0 Å². The van der Waals surface area contributed by atoms with Crippen molar-refractivity contribution in [1.29, 1.82) is 0 Å². The molecule has 2 N–H and O–H groups in total. The largest absolute Gasteiger partial charge is 0.338 e. The van der Waals surface area contributed by atoms with Crippen molar-refractivity contribution in [2.24, 2.45) is 11.7 Å². The lowest BCUT2D eigenvalue weighted by Gasteiger charge is -2.27. The molecule has 158 valence electrons. The van der Waals surface area contributed by atoms with Crippen LogP contribution in [0, 0.1) is 17.6 Å². The molecule has 0 spiro atoms. The molecular formula is C22H28ClF2N3O. The van der Waals surface area contributed by atoms with Gasteiger partial charge in [-0.05, 0) is 42.6 Å². The van der Waals surface area contributed by atoms with Gasteiger partial charge in [0.1, 0.15) is 0 Å². The number of likely N-dealkylation sites (tertiary alicyclic amines) is 1. The highest BCUT2D eigenvalue weighted by atomic mass is 35.5. The molecule has 1 saturated heterocycles. The van der Waals surface area contributed by atoms with Crippen LogP contribution >= 0.6 is 12.4 Å². The Morgan fingerprint density at radius 3 is 2.48 bits per heavy atom. The molecule has 1 aliphatic rings. The molecule has 0 saturated carbocycles. The summed E-state index contributed by atoms with van der Waals surface area (Å²) >= 11 is 0. The smallest absolute Gasteiger partial charge is 0.236 e. The second-order valence-corrected chi connectivity index (χ2v) is 7.56. The van der Waals surface area contributed by atoms with E-state index >= 15 is 0 Å². The average molecular weight is 424 g/mol. The van der Waals surface area contributed by atoms with Crippen molar-refractivity contribution >= 4 is 18.3 Å². The van der Waals surface area contributed by atoms with Crippen LogP contribution in [0.15, 0.2) is 48.5 Å². The summed E-state index contributed by atoms with van der Waals surface area (Å²) < 4.78 is 26.7. The molecule has 2 aromatic carbocycles. The van der Waals surface area contributed by atoms with Gasteiger partial charge in [0.2, 0.25) is 5.91 Å². The van der Waals surface area contributed by atoms with E-state index in [4.69, 9.17) is 5.73 Å². The molecular weight excluding hydrogens is 396 g/mol. The van der Waals surface area contributed by atoms with Crippen LogP contribution in [-0.4, -0.2) is 48.9 Å². The number of rotatable bonds is 6. The predicted octanol–water partition coefficient (Wildman–Crippen LogP) is 3.58. The molecule has 2 aromatic rings. The number of halogens is 3. The van der Waals surface area contributed by atoms with Gasteiger partial charge in [0.05, 0.1) is 12.6 Å². The topological polar surface area (TPSA) is 49.6 Å². The molecule has 1 amide bonds. The summed E-state index contributed by atoms with van der Waals surface area (Å²) in [5.74, 6) is -1.22. The number of nitrogens with two attached hydrogens (primary N) is 1. The van der Waals surface area contributed by atoms with Crippen LogP contribution < -0.4 is 5.73 Å². The number of carbonyl (C=O) groups excluding carboxylic acids is 1. The number of amides is 1. The summed E-state index contributed by atoms with van der Waals surface area (Å²) in [7, 11) is 1.69. The maximum absolute atomic E-state index is 13.5. The summed E-state index contributed by atoms with van der Waals surface area (Å²) in [6.45, 7) is 4.22. The van der Waals surface area contributed by atoms with E-state index in [9.17, 15) is 13.6 Å². The lowest BCUT2D eigenvalue weighted by Crippen LogP contribution is -2.39. The lowest BCUT2D eigenvalue weighted by atomic mass is 9.89. The second-order valence-electron chi connectivity index (χ2n) is 7.56. The van der Waals surface area contributed by atoms with Gasteiger partial charge in [0.25, 0.3) is 0 Å². The zero-order valence-corrected chi connectivity index (χ0v) is 17.5. The van der Waals surface area contributed by atoms with Crippen molar-refractivity contribution < 1.29 is 13.6 Å². The molecule has 0 bridgehead atoms. The van der Waals surface area contributed by atoms with Gasteiger partial charge in [0, 0.05) is 26.1 Å². The quantitative estimate of drug-likeness (QED) is 0.772. The third kappa shape index (κ3) is 5.32. The number of hydrogen-bond donors (Lipinski definition) is 1. The first-order chi connectivity index (χ1) is 13.4. The molecule has 0 aliphatic carbocycles. The molecule has 1 unspecified atom stereocenters. The van der Waals surface area contributed by atoms with E-state index < -0.39 is 11.6 Å². The molecule has 3 rings (SSSR count). The third-order valence-corrected chi connectivity index (χ3v) is 5.81. The fourth-order valence-corrected chi connectivity index (χ4v) is 3.92. The Morgan fingerprint density at radius 1 is 1.17 bits per heavy atom. The summed E-state index contributed by atoms with van der Waals surface area (Å²) in [6, 6.07) is 13.7. The SMILES string of the molecule is CC(c1ccc(F)c(F)c1)N(C)C(=O)CN1C[C@@H](CN)[C@H](c2ccccc2)C1.Cl. The van der Waals surface area contributed by atoms with Gasteiger partial charge >= 0.3 is 0 Å². The zero-order chi connectivity index (χ0) is 20.3. The third-order valence-electron chi connectivity index (χ3n) is 5.81. The molecule has 4 nitrogen and oxygen atoms in total. The molecule has 0 radical (unpaired) electrons. The van der Waals surface area contributed by atoms with Crippen LogP contribution in [0.4, 0.5) is 8.78 Å². The minimum Gasteiger partial charge on any atom is -0.338 e. The Bertz CT molecular complexity index is 821. The van der Waals surface area contributed by atoms with Gasteiger partial charge in [0.15, 0.2) is 11.6 Å². The highest BCUT2D eigenvalue weighted by Crippen LogP contribution is 2.32. The van der Waals surface area contributed by atoms with E-state index in [2.05, 4.69) is 17.0 Å². The van der Waals surface area contributed by atoms with E-state index in [1.807, 2.05) is 25.1 Å². The Balaban J connectivity index is 0.00000300. The summed E-state index contributed by atoms with van der Waals surface area (Å²) in [5, 5.41) is 0. The normalized spacial score (nSPS) is 20.2. The monoisotopic (exact) mass is 423 g/mol. The van der Waals surface area contributed by atoms with Crippen LogP contribution in [0.3, 0.4) is 0 Å². The van der Waals surface area contributed by atoms with Crippen molar-refractivity contribution in [3.63, 3.8) is 0 Å². The van der Waals surface area contributed by atoms with E-state index in [0.717, 1.165) is 25.2 Å². The zero-order valence-electron chi connectivity index (χ0n) is 16.7. The predicted molar refractivity (Wildman–Crippen MR) is 113 cm³/mol. The van der Waals surface area contributed by atoms with Gasteiger partial charge in [-0.15, -0.1) is 12.4 Å². The van der Waals surface area contributed by atoms with Crippen molar-refractivity contribution in [3.05, 3.63) is 71.3 Å². The highest BCUT2D eigenvalue weighted by Gasteiger charge is 2.34. The first kappa shape index (κ1) is 23.3. The molecule has 3 atom stereocenters. The van der Waals surface area contributed by atoms with Crippen LogP contribution in [0.1, 0.15) is 30.0 Å². The Kier molecular flexibility index (Phi) is 8.14. The Hall–Kier alpha value is -2.02. The van der Waals surface area contributed by atoms with E-state index in [1.165, 1.54) is 11.6 Å². The molecule has 1 heterocycles. The minimum atomic E-state index is -0.902. The minimum absolute atomic E-state index is 0. The Labute approximate surface area is 177 Å². The van der Waals surface area contributed by atoms with E-state index in [1.54, 1.807) is 11.9 Å². The van der Waals surface area contributed by atoms with Gasteiger partial charge in [-0.25, -0.2) is 8.78 Å². The number of benzene rings is 2. The number of hydrogen-bond acceptors (Lipinski definition) is 3. The fourth-order valence-electron chi connectivity index (χ4n) is 3.92. The first-order valence-electron chi connectivity index (χ1n) is 9.58. The summed E-state index contributed by atoms with van der Waals surface area (Å²) in [4.78, 5) is 16.5. The van der Waals surface area contributed by atoms with Gasteiger partial charge in [-0.3, -0.25) is 9.69 Å². The average Bonchev–Trinajstić information content (AvgIpc) is 3.12. The Morgan fingerprint density at radius 2 is 1.86 bits per heavy atom. The maximum Gasteiger partial charge on any atom is 0.236 e. The second kappa shape index (κ2) is 10.1. The fraction of sp³-hybridized carbons (Fsp3) is 0.409. The van der Waals surface area contributed by atoms with Gasteiger partial charge < -0.3 is 10.6 Å². The molecule has 0 aromatic heterocycles. The molecule has 1 aliphatic heterocycles. The van der Waals surface area contributed by atoms with Crippen LogP contribution in [-0.2, 0) is 4.79 Å². The van der Waals surface area contributed by atoms with Crippen molar-refractivity contribution in [1.82, 2.24) is 9.80 Å². The van der Waals surface area contributed by atoms with Gasteiger partial charge in [-0.2, -0.15) is 0 Å². The van der Waals surface area contributed by atoms with E-state index in [0.29, 0.717) is 23.9 Å². The first-order valence-corrected chi connectivity index (χ1v) is 9.58. The molecule has 7 heteroatoms. The molecule has 29 heavy (non-hydrogen) atoms. The maximum atomic E-state index is 13.5. The van der Waals surface area contributed by atoms with Crippen LogP contribution in [0.2, 0.25) is 0 Å².